The van der Waals surface area contributed by atoms with Gasteiger partial charge in [0, 0.05) is 0 Å². The molecule has 2 atom stereocenters. The average molecular weight is 481 g/mol. The summed E-state index contributed by atoms with van der Waals surface area (Å²) in [5.41, 5.74) is 17.9. The predicted molar refractivity (Wildman–Crippen MR) is 51.3 cm³/mol. The van der Waals surface area contributed by atoms with E-state index in [1.807, 2.05) is 0 Å². The van der Waals surface area contributed by atoms with Gasteiger partial charge in [-0.2, -0.15) is 12.1 Å². The van der Waals surface area contributed by atoms with E-state index in [2.05, 4.69) is 4.31 Å². The van der Waals surface area contributed by atoms with Crippen LogP contribution < -0.4 is 19.6 Å². The molecule has 0 aromatic heterocycles. The smallest absolute Gasteiger partial charge is 0.806 e. The Bertz CT molecular complexity index is 298. The third-order valence-corrected chi connectivity index (χ3v) is 3.49. The van der Waals surface area contributed by atoms with E-state index in [4.69, 9.17) is 11.5 Å². The normalized spacial score (nSPS) is 24.6. The summed E-state index contributed by atoms with van der Waals surface area (Å²) >= 11 is 0. The predicted octanol–water partition coefficient (Wildman–Crippen LogP) is -1.14. The van der Waals surface area contributed by atoms with Crippen LogP contribution in [-0.4, -0.2) is 12.1 Å². The topological polar surface area (TPSA) is 180 Å². The van der Waals surface area contributed by atoms with Gasteiger partial charge in [-0.3, -0.25) is 0 Å². The molecule has 0 heterocycles. The maximum absolute atomic E-state index is 9.32. The zero-order chi connectivity index (χ0) is 13.7. The SMILES string of the molecule is O=P([O-])([O-])OP(=O)([O-])[O-].[H+].[H+].[N-][C@@H]1CCCC[C@H]1[N-].[Pt+4]. The van der Waals surface area contributed by atoms with Crippen LogP contribution in [0.4, 0.5) is 0 Å². The van der Waals surface area contributed by atoms with Crippen molar-refractivity contribution in [2.45, 2.75) is 37.8 Å². The van der Waals surface area contributed by atoms with Crippen LogP contribution in [0.5, 0.6) is 0 Å². The fraction of sp³-hybridized carbons (Fsp3) is 1.00. The first kappa shape index (κ1) is 21.2. The van der Waals surface area contributed by atoms with Gasteiger partial charge in [-0.15, -0.1) is 0 Å². The van der Waals surface area contributed by atoms with Gasteiger partial charge in [0.1, 0.15) is 0 Å². The molecule has 1 fully saturated rings. The molecule has 0 saturated heterocycles. The Hall–Kier alpha value is 0.868. The Balaban J connectivity index is -0.000000112. The van der Waals surface area contributed by atoms with Crippen molar-refractivity contribution < 1.29 is 56.9 Å². The molecule has 0 unspecified atom stereocenters. The second-order valence-electron chi connectivity index (χ2n) is 3.40. The number of nitrogens with zero attached hydrogens (tertiary/aromatic N) is 2. The van der Waals surface area contributed by atoms with E-state index in [9.17, 15) is 28.7 Å². The molecule has 18 heavy (non-hydrogen) atoms. The van der Waals surface area contributed by atoms with Crippen molar-refractivity contribution in [2.75, 3.05) is 0 Å². The van der Waals surface area contributed by atoms with E-state index in [0.717, 1.165) is 25.7 Å². The Morgan fingerprint density at radius 1 is 0.944 bits per heavy atom. The summed E-state index contributed by atoms with van der Waals surface area (Å²) < 4.78 is 21.2. The molecule has 0 amide bonds. The fourth-order valence-electron chi connectivity index (χ4n) is 1.21. The maximum atomic E-state index is 9.32. The van der Waals surface area contributed by atoms with E-state index in [0.29, 0.717) is 0 Å². The molecule has 0 N–H and O–H groups in total. The first-order valence-electron chi connectivity index (χ1n) is 4.63. The molecule has 108 valence electrons. The van der Waals surface area contributed by atoms with Gasteiger partial charge < -0.3 is 44.5 Å². The van der Waals surface area contributed by atoms with E-state index in [1.165, 1.54) is 0 Å². The molecule has 0 aromatic rings. The molecule has 9 nitrogen and oxygen atoms in total. The van der Waals surface area contributed by atoms with E-state index >= 15 is 0 Å². The molecule has 0 bridgehead atoms. The first-order valence-corrected chi connectivity index (χ1v) is 7.55. The van der Waals surface area contributed by atoms with Gasteiger partial charge in [0.05, 0.1) is 15.6 Å². The van der Waals surface area contributed by atoms with Crippen molar-refractivity contribution in [3.05, 3.63) is 11.5 Å². The second kappa shape index (κ2) is 8.92. The van der Waals surface area contributed by atoms with Crippen LogP contribution in [0.1, 0.15) is 28.5 Å². The Labute approximate surface area is 122 Å². The molecule has 2 radical (unpaired) electrons. The van der Waals surface area contributed by atoms with Gasteiger partial charge in [0.25, 0.3) is 0 Å². The molecular weight excluding hydrogens is 469 g/mol. The third kappa shape index (κ3) is 13.3. The Morgan fingerprint density at radius 3 is 1.33 bits per heavy atom. The quantitative estimate of drug-likeness (QED) is 0.447. The first-order chi connectivity index (χ1) is 7.51. The van der Waals surface area contributed by atoms with E-state index in [1.54, 1.807) is 0 Å². The van der Waals surface area contributed by atoms with Crippen LogP contribution in [0, 0.1) is 0 Å². The standard InChI is InChI=1S/C6H10N2.H4O7P2.Pt/c7-5-3-1-2-4-6(5)8;1-8(2,3)7-9(4,5)6;/h5-6H,1-4H2;(H2,1,2,3)(H2,4,5,6);/q-2;;+4/p-2/t5-,6-;;/m1../s1. The van der Waals surface area contributed by atoms with Crippen LogP contribution in [0.25, 0.3) is 11.5 Å². The third-order valence-electron chi connectivity index (χ3n) is 1.89. The summed E-state index contributed by atoms with van der Waals surface area (Å²) in [6, 6.07) is -0.882. The zero-order valence-corrected chi connectivity index (χ0v) is 13.0. The minimum Gasteiger partial charge on any atom is -0.806 e. The molecule has 1 saturated carbocycles. The largest absolute Gasteiger partial charge is 4.00 e. The molecule has 1 aliphatic carbocycles. The minimum atomic E-state index is -5.68. The molecule has 0 aliphatic heterocycles. The maximum Gasteiger partial charge on any atom is 4.00 e. The summed E-state index contributed by atoms with van der Waals surface area (Å²) in [6.45, 7) is 0. The molecule has 1 aliphatic rings. The van der Waals surface area contributed by atoms with Crippen molar-refractivity contribution in [1.29, 1.82) is 0 Å². The summed E-state index contributed by atoms with van der Waals surface area (Å²) in [4.78, 5) is 37.3. The zero-order valence-electron chi connectivity index (χ0n) is 10.9. The van der Waals surface area contributed by atoms with Crippen molar-refractivity contribution in [3.8, 4) is 0 Å². The van der Waals surface area contributed by atoms with Gasteiger partial charge in [-0.05, 0) is 0 Å². The van der Waals surface area contributed by atoms with Crippen LogP contribution >= 0.6 is 15.6 Å². The minimum absolute atomic E-state index is 0. The average Bonchev–Trinajstić information content (AvgIpc) is 2.04. The van der Waals surface area contributed by atoms with Crippen LogP contribution in [0.15, 0.2) is 0 Å². The van der Waals surface area contributed by atoms with Crippen LogP contribution in [-0.2, 0) is 34.5 Å². The van der Waals surface area contributed by atoms with Crippen molar-refractivity contribution in [2.24, 2.45) is 0 Å². The van der Waals surface area contributed by atoms with Gasteiger partial charge >= 0.3 is 23.9 Å². The monoisotopic (exact) mass is 481 g/mol. The molecule has 0 spiro atoms. The van der Waals surface area contributed by atoms with Crippen LogP contribution in [0.2, 0.25) is 0 Å². The van der Waals surface area contributed by atoms with E-state index < -0.39 is 27.7 Å². The van der Waals surface area contributed by atoms with Crippen molar-refractivity contribution in [1.82, 2.24) is 0 Å². The number of rotatable bonds is 2. The van der Waals surface area contributed by atoms with E-state index in [-0.39, 0.29) is 23.9 Å². The van der Waals surface area contributed by atoms with Gasteiger partial charge in [-0.25, -0.2) is 0 Å². The van der Waals surface area contributed by atoms with Crippen molar-refractivity contribution >= 4 is 15.6 Å². The summed E-state index contributed by atoms with van der Waals surface area (Å²) in [5.74, 6) is 0. The summed E-state index contributed by atoms with van der Waals surface area (Å²) in [6.07, 6.45) is 3.69. The number of hydrogen-bond acceptors (Lipinski definition) is 7. The molecule has 0 aromatic carbocycles. The van der Waals surface area contributed by atoms with Crippen LogP contribution in [0.3, 0.4) is 0 Å². The van der Waals surface area contributed by atoms with Gasteiger partial charge in [0.2, 0.25) is 0 Å². The molecular formula is C6H12N2O7P2Pt. The summed E-state index contributed by atoms with van der Waals surface area (Å²) in [5, 5.41) is 0. The Kier molecular flexibility index (Phi) is 10.5. The molecule has 12 heteroatoms. The molecule has 1 rings (SSSR count). The second-order valence-corrected chi connectivity index (χ2v) is 5.84. The number of phosphoric acid groups is 2. The summed E-state index contributed by atoms with van der Waals surface area (Å²) in [7, 11) is -11.4. The van der Waals surface area contributed by atoms with Crippen molar-refractivity contribution in [3.63, 3.8) is 0 Å². The van der Waals surface area contributed by atoms with Gasteiger partial charge in [-0.1, -0.05) is 25.7 Å². The Morgan fingerprint density at radius 2 is 1.22 bits per heavy atom. The fourth-order valence-corrected chi connectivity index (χ4v) is 2.19. The van der Waals surface area contributed by atoms with Gasteiger partial charge in [0.15, 0.2) is 0 Å². The number of hydrogen-bond donors (Lipinski definition) is 0.